The van der Waals surface area contributed by atoms with Crippen LogP contribution in [-0.4, -0.2) is 33.3 Å². The Morgan fingerprint density at radius 3 is 2.56 bits per heavy atom. The molecule has 1 amide bonds. The van der Waals surface area contributed by atoms with E-state index in [0.717, 1.165) is 31.4 Å². The van der Waals surface area contributed by atoms with Crippen LogP contribution in [-0.2, 0) is 6.54 Å². The van der Waals surface area contributed by atoms with E-state index in [1.807, 2.05) is 36.1 Å². The number of hydrogen-bond donors (Lipinski definition) is 1. The fraction of sp³-hybridized carbons (Fsp3) is 0.444. The molecule has 1 aromatic heterocycles. The number of nitrogens with zero attached hydrogens (tertiary/aromatic N) is 4. The number of nitrogens with one attached hydrogen (secondary N) is 1. The predicted molar refractivity (Wildman–Crippen MR) is 94.2 cm³/mol. The number of aromatic nitrogens is 3. The van der Waals surface area contributed by atoms with Gasteiger partial charge in [-0.3, -0.25) is 14.2 Å². The van der Waals surface area contributed by atoms with Crippen molar-refractivity contribution in [3.05, 3.63) is 45.9 Å². The van der Waals surface area contributed by atoms with E-state index in [4.69, 9.17) is 0 Å². The average molecular weight is 339 g/mol. The molecule has 25 heavy (non-hydrogen) atoms. The van der Waals surface area contributed by atoms with Gasteiger partial charge in [0.15, 0.2) is 0 Å². The molecule has 1 aromatic carbocycles. The van der Waals surface area contributed by atoms with E-state index in [2.05, 4.69) is 15.5 Å². The van der Waals surface area contributed by atoms with Crippen molar-refractivity contribution in [1.29, 1.82) is 0 Å². The van der Waals surface area contributed by atoms with Gasteiger partial charge in [0.1, 0.15) is 0 Å². The van der Waals surface area contributed by atoms with Crippen LogP contribution in [0.2, 0.25) is 0 Å². The van der Waals surface area contributed by atoms with E-state index in [1.54, 1.807) is 0 Å². The molecule has 0 saturated heterocycles. The normalized spacial score (nSPS) is 16.9. The van der Waals surface area contributed by atoms with E-state index in [1.165, 1.54) is 10.1 Å². The van der Waals surface area contributed by atoms with Crippen LogP contribution in [0.4, 0.5) is 11.6 Å². The van der Waals surface area contributed by atoms with Crippen LogP contribution in [0.1, 0.15) is 41.7 Å². The second-order valence-corrected chi connectivity index (χ2v) is 6.75. The molecule has 2 aromatic rings. The van der Waals surface area contributed by atoms with Gasteiger partial charge in [-0.1, -0.05) is 30.5 Å². The third-order valence-corrected chi connectivity index (χ3v) is 4.97. The summed E-state index contributed by atoms with van der Waals surface area (Å²) in [6.45, 7) is 3.17. The molecule has 1 aliphatic carbocycles. The number of rotatable bonds is 3. The van der Waals surface area contributed by atoms with Gasteiger partial charge in [0, 0.05) is 24.8 Å². The lowest BCUT2D eigenvalue weighted by Gasteiger charge is -2.17. The lowest BCUT2D eigenvalue weighted by molar-refractivity contribution is 0.0929. The SMILES string of the molecule is Cc1ccc(N2CCn3c2nnc(C(=O)NC2CCCC2)c3=O)cc1. The number of carbonyl (C=O) groups is 1. The largest absolute Gasteiger partial charge is 0.348 e. The molecular formula is C18H21N5O2. The maximum atomic E-state index is 12.7. The molecule has 1 fully saturated rings. The molecule has 4 rings (SSSR count). The van der Waals surface area contributed by atoms with Gasteiger partial charge in [-0.25, -0.2) is 0 Å². The minimum atomic E-state index is -0.409. The molecule has 2 aliphatic rings. The Balaban J connectivity index is 1.61. The number of amides is 1. The van der Waals surface area contributed by atoms with Gasteiger partial charge in [0.05, 0.1) is 0 Å². The van der Waals surface area contributed by atoms with E-state index in [-0.39, 0.29) is 17.3 Å². The second-order valence-electron chi connectivity index (χ2n) is 6.75. The first-order valence-corrected chi connectivity index (χ1v) is 8.76. The standard InChI is InChI=1S/C18H21N5O2/c1-12-6-8-14(9-7-12)22-10-11-23-17(25)15(20-21-18(22)23)16(24)19-13-4-2-3-5-13/h6-9,13H,2-5,10-11H2,1H3,(H,19,24). The number of benzene rings is 1. The molecular weight excluding hydrogens is 318 g/mol. The fourth-order valence-corrected chi connectivity index (χ4v) is 3.55. The Bertz CT molecular complexity index is 853. The maximum absolute atomic E-state index is 12.7. The van der Waals surface area contributed by atoms with Crippen LogP contribution in [0.15, 0.2) is 29.1 Å². The quantitative estimate of drug-likeness (QED) is 0.922. The third kappa shape index (κ3) is 2.90. The van der Waals surface area contributed by atoms with Crippen molar-refractivity contribution in [2.45, 2.75) is 45.2 Å². The van der Waals surface area contributed by atoms with Crippen LogP contribution in [0.25, 0.3) is 0 Å². The zero-order valence-electron chi connectivity index (χ0n) is 14.2. The fourth-order valence-electron chi connectivity index (χ4n) is 3.55. The molecule has 7 heteroatoms. The Labute approximate surface area is 145 Å². The molecule has 0 atom stereocenters. The monoisotopic (exact) mass is 339 g/mol. The summed E-state index contributed by atoms with van der Waals surface area (Å²) < 4.78 is 1.54. The number of anilines is 2. The summed E-state index contributed by atoms with van der Waals surface area (Å²) in [6.07, 6.45) is 4.16. The Kier molecular flexibility index (Phi) is 3.99. The summed E-state index contributed by atoms with van der Waals surface area (Å²) >= 11 is 0. The highest BCUT2D eigenvalue weighted by molar-refractivity contribution is 5.92. The molecule has 0 unspecified atom stereocenters. The van der Waals surface area contributed by atoms with Gasteiger partial charge in [0.2, 0.25) is 11.6 Å². The van der Waals surface area contributed by atoms with Gasteiger partial charge < -0.3 is 10.2 Å². The molecule has 0 radical (unpaired) electrons. The van der Waals surface area contributed by atoms with Crippen molar-refractivity contribution >= 4 is 17.5 Å². The van der Waals surface area contributed by atoms with Crippen LogP contribution < -0.4 is 15.8 Å². The van der Waals surface area contributed by atoms with Crippen LogP contribution in [0.5, 0.6) is 0 Å². The summed E-state index contributed by atoms with van der Waals surface area (Å²) in [5.41, 5.74) is 1.66. The van der Waals surface area contributed by atoms with E-state index in [0.29, 0.717) is 19.0 Å². The molecule has 1 N–H and O–H groups in total. The number of hydrogen-bond acceptors (Lipinski definition) is 5. The predicted octanol–water partition coefficient (Wildman–Crippen LogP) is 1.77. The molecule has 0 bridgehead atoms. The van der Waals surface area contributed by atoms with Crippen molar-refractivity contribution in [3.63, 3.8) is 0 Å². The zero-order chi connectivity index (χ0) is 17.4. The van der Waals surface area contributed by atoms with E-state index < -0.39 is 5.91 Å². The highest BCUT2D eigenvalue weighted by Gasteiger charge is 2.28. The van der Waals surface area contributed by atoms with Gasteiger partial charge in [0.25, 0.3) is 11.5 Å². The lowest BCUT2D eigenvalue weighted by atomic mass is 10.2. The van der Waals surface area contributed by atoms with Crippen molar-refractivity contribution in [3.8, 4) is 0 Å². The van der Waals surface area contributed by atoms with Crippen LogP contribution in [0.3, 0.4) is 0 Å². The highest BCUT2D eigenvalue weighted by atomic mass is 16.2. The van der Waals surface area contributed by atoms with E-state index in [9.17, 15) is 9.59 Å². The summed E-state index contributed by atoms with van der Waals surface area (Å²) in [7, 11) is 0. The summed E-state index contributed by atoms with van der Waals surface area (Å²) in [5.74, 6) is 0.0831. The molecule has 1 saturated carbocycles. The molecule has 2 heterocycles. The first-order chi connectivity index (χ1) is 12.1. The summed E-state index contributed by atoms with van der Waals surface area (Å²) in [5, 5.41) is 11.0. The summed E-state index contributed by atoms with van der Waals surface area (Å²) in [6, 6.07) is 8.19. The number of aryl methyl sites for hydroxylation is 1. The number of fused-ring (bicyclic) bond motifs is 1. The van der Waals surface area contributed by atoms with E-state index >= 15 is 0 Å². The van der Waals surface area contributed by atoms with Gasteiger partial charge in [-0.05, 0) is 31.9 Å². The zero-order valence-corrected chi connectivity index (χ0v) is 14.2. The topological polar surface area (TPSA) is 80.1 Å². The molecule has 7 nitrogen and oxygen atoms in total. The van der Waals surface area contributed by atoms with Gasteiger partial charge in [-0.15, -0.1) is 10.2 Å². The molecule has 0 spiro atoms. The first kappa shape index (κ1) is 15.8. The van der Waals surface area contributed by atoms with Gasteiger partial charge >= 0.3 is 0 Å². The Morgan fingerprint density at radius 2 is 1.84 bits per heavy atom. The summed E-state index contributed by atoms with van der Waals surface area (Å²) in [4.78, 5) is 27.0. The average Bonchev–Trinajstić information content (AvgIpc) is 3.26. The van der Waals surface area contributed by atoms with Crippen molar-refractivity contribution in [1.82, 2.24) is 20.1 Å². The van der Waals surface area contributed by atoms with Crippen molar-refractivity contribution in [2.75, 3.05) is 11.4 Å². The maximum Gasteiger partial charge on any atom is 0.286 e. The molecule has 130 valence electrons. The minimum absolute atomic E-state index is 0.110. The Hall–Kier alpha value is -2.70. The lowest BCUT2D eigenvalue weighted by Crippen LogP contribution is -2.39. The first-order valence-electron chi connectivity index (χ1n) is 8.76. The molecule has 1 aliphatic heterocycles. The van der Waals surface area contributed by atoms with Crippen LogP contribution in [0, 0.1) is 6.92 Å². The highest BCUT2D eigenvalue weighted by Crippen LogP contribution is 2.26. The van der Waals surface area contributed by atoms with Crippen molar-refractivity contribution in [2.24, 2.45) is 0 Å². The van der Waals surface area contributed by atoms with Crippen molar-refractivity contribution < 1.29 is 4.79 Å². The Morgan fingerprint density at radius 1 is 1.12 bits per heavy atom. The second kappa shape index (κ2) is 6.31. The minimum Gasteiger partial charge on any atom is -0.348 e. The number of carbonyl (C=O) groups excluding carboxylic acids is 1. The third-order valence-electron chi connectivity index (χ3n) is 4.97. The van der Waals surface area contributed by atoms with Gasteiger partial charge in [-0.2, -0.15) is 0 Å². The smallest absolute Gasteiger partial charge is 0.286 e. The van der Waals surface area contributed by atoms with Crippen LogP contribution >= 0.6 is 0 Å².